The Morgan fingerprint density at radius 1 is 1.50 bits per heavy atom. The van der Waals surface area contributed by atoms with Gasteiger partial charge in [0.25, 0.3) is 0 Å². The number of ether oxygens (including phenoxy) is 1. The van der Waals surface area contributed by atoms with Gasteiger partial charge in [-0.3, -0.25) is 0 Å². The van der Waals surface area contributed by atoms with Crippen LogP contribution in [0.3, 0.4) is 0 Å². The van der Waals surface area contributed by atoms with E-state index < -0.39 is 0 Å². The number of hydrogen-bond donors (Lipinski definition) is 0. The van der Waals surface area contributed by atoms with Gasteiger partial charge in [-0.1, -0.05) is 12.1 Å². The summed E-state index contributed by atoms with van der Waals surface area (Å²) in [7, 11) is 1.72. The third-order valence-electron chi connectivity index (χ3n) is 2.98. The summed E-state index contributed by atoms with van der Waals surface area (Å²) in [5.74, 6) is 0. The quantitative estimate of drug-likeness (QED) is 0.722. The number of nitriles is 1. The van der Waals surface area contributed by atoms with Crippen LogP contribution in [0, 0.1) is 11.3 Å². The van der Waals surface area contributed by atoms with Crippen molar-refractivity contribution in [2.45, 2.75) is 12.8 Å². The minimum Gasteiger partial charge on any atom is -0.385 e. The monoisotopic (exact) mass is 216 g/mol. The highest BCUT2D eigenvalue weighted by Crippen LogP contribution is 2.31. The van der Waals surface area contributed by atoms with E-state index >= 15 is 0 Å². The Morgan fingerprint density at radius 2 is 2.38 bits per heavy atom. The van der Waals surface area contributed by atoms with Crippen LogP contribution in [0.1, 0.15) is 17.5 Å². The maximum absolute atomic E-state index is 9.09. The van der Waals surface area contributed by atoms with Crippen LogP contribution in [-0.4, -0.2) is 26.8 Å². The van der Waals surface area contributed by atoms with Crippen molar-refractivity contribution in [3.63, 3.8) is 0 Å². The molecule has 3 nitrogen and oxygen atoms in total. The lowest BCUT2D eigenvalue weighted by Gasteiger charge is -2.20. The molecule has 1 aromatic rings. The molecule has 0 bridgehead atoms. The van der Waals surface area contributed by atoms with Crippen LogP contribution in [0.25, 0.3) is 0 Å². The van der Waals surface area contributed by atoms with Crippen molar-refractivity contribution in [1.29, 1.82) is 5.26 Å². The van der Waals surface area contributed by atoms with E-state index in [-0.39, 0.29) is 0 Å². The number of rotatable bonds is 4. The third-order valence-corrected chi connectivity index (χ3v) is 2.98. The second kappa shape index (κ2) is 5.00. The molecule has 1 aromatic carbocycles. The fraction of sp³-hybridized carbons (Fsp3) is 0.462. The molecule has 0 unspecified atom stereocenters. The lowest BCUT2D eigenvalue weighted by Crippen LogP contribution is -2.23. The van der Waals surface area contributed by atoms with Gasteiger partial charge >= 0.3 is 0 Å². The smallest absolute Gasteiger partial charge is 0.101 e. The molecule has 1 heterocycles. The standard InChI is InChI=1S/C13H16N2O/c1-16-9-3-7-15-8-6-11-4-2-5-12(10-14)13(11)15/h2,4-5H,3,6-9H2,1H3. The first-order valence-corrected chi connectivity index (χ1v) is 5.62. The van der Waals surface area contributed by atoms with Gasteiger partial charge in [0.1, 0.15) is 6.07 Å². The third kappa shape index (κ3) is 2.02. The molecule has 0 aliphatic carbocycles. The van der Waals surface area contributed by atoms with Crippen molar-refractivity contribution < 1.29 is 4.74 Å². The van der Waals surface area contributed by atoms with Crippen molar-refractivity contribution in [3.05, 3.63) is 29.3 Å². The molecular formula is C13H16N2O. The highest BCUT2D eigenvalue weighted by atomic mass is 16.5. The van der Waals surface area contributed by atoms with Crippen molar-refractivity contribution >= 4 is 5.69 Å². The van der Waals surface area contributed by atoms with Crippen LogP contribution in [0.4, 0.5) is 5.69 Å². The molecule has 0 amide bonds. The van der Waals surface area contributed by atoms with Crippen molar-refractivity contribution in [3.8, 4) is 6.07 Å². The first-order valence-electron chi connectivity index (χ1n) is 5.62. The lowest BCUT2D eigenvalue weighted by molar-refractivity contribution is 0.196. The summed E-state index contributed by atoms with van der Waals surface area (Å²) in [5.41, 5.74) is 3.24. The van der Waals surface area contributed by atoms with Gasteiger partial charge in [-0.05, 0) is 24.5 Å². The summed E-state index contributed by atoms with van der Waals surface area (Å²) in [6.07, 6.45) is 2.06. The molecular weight excluding hydrogens is 200 g/mol. The Labute approximate surface area is 96.2 Å². The van der Waals surface area contributed by atoms with Gasteiger partial charge in [0.2, 0.25) is 0 Å². The maximum atomic E-state index is 9.09. The predicted octanol–water partition coefficient (Wildman–Crippen LogP) is 1.96. The minimum absolute atomic E-state index is 0.778. The first kappa shape index (κ1) is 11.0. The Kier molecular flexibility index (Phi) is 3.43. The summed E-state index contributed by atoms with van der Waals surface area (Å²) >= 11 is 0. The van der Waals surface area contributed by atoms with Crippen molar-refractivity contribution in [2.75, 3.05) is 31.7 Å². The van der Waals surface area contributed by atoms with E-state index in [0.717, 1.165) is 43.8 Å². The SMILES string of the molecule is COCCCN1CCc2cccc(C#N)c21. The molecule has 0 fully saturated rings. The minimum atomic E-state index is 0.778. The van der Waals surface area contributed by atoms with Crippen LogP contribution in [-0.2, 0) is 11.2 Å². The van der Waals surface area contributed by atoms with Gasteiger partial charge in [-0.2, -0.15) is 5.26 Å². The second-order valence-electron chi connectivity index (χ2n) is 4.01. The number of methoxy groups -OCH3 is 1. The van der Waals surface area contributed by atoms with Crippen LogP contribution in [0.15, 0.2) is 18.2 Å². The van der Waals surface area contributed by atoms with Crippen LogP contribution < -0.4 is 4.90 Å². The highest BCUT2D eigenvalue weighted by Gasteiger charge is 2.21. The molecule has 0 saturated heterocycles. The van der Waals surface area contributed by atoms with E-state index in [9.17, 15) is 0 Å². The molecule has 84 valence electrons. The van der Waals surface area contributed by atoms with E-state index in [2.05, 4.69) is 17.0 Å². The van der Waals surface area contributed by atoms with Gasteiger partial charge in [-0.25, -0.2) is 0 Å². The first-order chi connectivity index (χ1) is 7.86. The molecule has 0 atom stereocenters. The zero-order valence-corrected chi connectivity index (χ0v) is 9.57. The fourth-order valence-electron chi connectivity index (χ4n) is 2.25. The van der Waals surface area contributed by atoms with E-state index in [0.29, 0.717) is 0 Å². The van der Waals surface area contributed by atoms with Gasteiger partial charge < -0.3 is 9.64 Å². The molecule has 16 heavy (non-hydrogen) atoms. The van der Waals surface area contributed by atoms with E-state index in [1.54, 1.807) is 7.11 Å². The Balaban J connectivity index is 2.15. The molecule has 3 heteroatoms. The summed E-state index contributed by atoms with van der Waals surface area (Å²) in [6.45, 7) is 2.78. The topological polar surface area (TPSA) is 36.3 Å². The summed E-state index contributed by atoms with van der Waals surface area (Å²) < 4.78 is 5.05. The Bertz CT molecular complexity index is 409. The molecule has 1 aliphatic heterocycles. The zero-order valence-electron chi connectivity index (χ0n) is 9.57. The second-order valence-corrected chi connectivity index (χ2v) is 4.01. The zero-order chi connectivity index (χ0) is 11.4. The molecule has 2 rings (SSSR count). The molecule has 0 saturated carbocycles. The number of nitrogens with zero attached hydrogens (tertiary/aromatic N) is 2. The van der Waals surface area contributed by atoms with E-state index in [1.807, 2.05) is 12.1 Å². The molecule has 0 spiro atoms. The van der Waals surface area contributed by atoms with E-state index in [4.69, 9.17) is 10.00 Å². The number of hydrogen-bond acceptors (Lipinski definition) is 3. The Morgan fingerprint density at radius 3 is 3.12 bits per heavy atom. The summed E-state index contributed by atoms with van der Waals surface area (Å²) in [6, 6.07) is 8.26. The average Bonchev–Trinajstić information content (AvgIpc) is 2.73. The molecule has 0 N–H and O–H groups in total. The van der Waals surface area contributed by atoms with Gasteiger partial charge in [0.15, 0.2) is 0 Å². The molecule has 0 aromatic heterocycles. The van der Waals surface area contributed by atoms with Gasteiger partial charge in [-0.15, -0.1) is 0 Å². The lowest BCUT2D eigenvalue weighted by atomic mass is 10.1. The number of fused-ring (bicyclic) bond motifs is 1. The maximum Gasteiger partial charge on any atom is 0.101 e. The van der Waals surface area contributed by atoms with Crippen LogP contribution in [0.2, 0.25) is 0 Å². The normalized spacial score (nSPS) is 13.6. The summed E-state index contributed by atoms with van der Waals surface area (Å²) in [5, 5.41) is 9.09. The van der Waals surface area contributed by atoms with Crippen molar-refractivity contribution in [2.24, 2.45) is 0 Å². The Hall–Kier alpha value is -1.53. The van der Waals surface area contributed by atoms with Crippen molar-refractivity contribution in [1.82, 2.24) is 0 Å². The van der Waals surface area contributed by atoms with Crippen LogP contribution in [0.5, 0.6) is 0 Å². The molecule has 1 aliphatic rings. The largest absolute Gasteiger partial charge is 0.385 e. The number of para-hydroxylation sites is 1. The summed E-state index contributed by atoms with van der Waals surface area (Å²) in [4.78, 5) is 2.30. The highest BCUT2D eigenvalue weighted by molar-refractivity contribution is 5.67. The molecule has 0 radical (unpaired) electrons. The predicted molar refractivity (Wildman–Crippen MR) is 63.6 cm³/mol. The van der Waals surface area contributed by atoms with E-state index in [1.165, 1.54) is 5.56 Å². The van der Waals surface area contributed by atoms with Gasteiger partial charge in [0, 0.05) is 26.8 Å². The number of benzene rings is 1. The van der Waals surface area contributed by atoms with Crippen LogP contribution >= 0.6 is 0 Å². The fourth-order valence-corrected chi connectivity index (χ4v) is 2.25. The average molecular weight is 216 g/mol. The number of anilines is 1. The van der Waals surface area contributed by atoms with Gasteiger partial charge in [0.05, 0.1) is 11.3 Å².